The first-order chi connectivity index (χ1) is 11.1. The number of hydrogen-bond acceptors (Lipinski definition) is 3. The fourth-order valence-corrected chi connectivity index (χ4v) is 1.96. The second-order valence-corrected chi connectivity index (χ2v) is 4.67. The molecule has 0 saturated heterocycles. The average molecular weight is 316 g/mol. The van der Waals surface area contributed by atoms with Crippen LogP contribution in [0.25, 0.3) is 0 Å². The number of esters is 1. The van der Waals surface area contributed by atoms with Crippen LogP contribution < -0.4 is 10.6 Å². The van der Waals surface area contributed by atoms with Gasteiger partial charge in [-0.3, -0.25) is 0 Å². The van der Waals surface area contributed by atoms with Crippen LogP contribution in [0.2, 0.25) is 0 Å². The molecule has 2 aromatic carbocycles. The Kier molecular flexibility index (Phi) is 5.68. The molecule has 0 saturated carbocycles. The molecule has 120 valence electrons. The first kappa shape index (κ1) is 16.5. The smallest absolute Gasteiger partial charge is 0.340 e. The number of carbonyl (C=O) groups excluding carboxylic acids is 2. The molecule has 2 aromatic rings. The number of hydrogen-bond donors (Lipinski definition) is 2. The highest BCUT2D eigenvalue weighted by molar-refractivity contribution is 6.00. The molecule has 0 atom stereocenters. The van der Waals surface area contributed by atoms with Gasteiger partial charge in [-0.2, -0.15) is 0 Å². The van der Waals surface area contributed by atoms with Crippen molar-refractivity contribution in [2.75, 3.05) is 11.9 Å². The van der Waals surface area contributed by atoms with Gasteiger partial charge in [-0.25, -0.2) is 14.0 Å². The maximum Gasteiger partial charge on any atom is 0.340 e. The van der Waals surface area contributed by atoms with Gasteiger partial charge in [0.05, 0.1) is 17.9 Å². The summed E-state index contributed by atoms with van der Waals surface area (Å²) in [7, 11) is 0. The lowest BCUT2D eigenvalue weighted by molar-refractivity contribution is 0.0527. The topological polar surface area (TPSA) is 67.4 Å². The second kappa shape index (κ2) is 7.93. The highest BCUT2D eigenvalue weighted by Crippen LogP contribution is 2.16. The molecule has 0 unspecified atom stereocenters. The molecule has 2 rings (SSSR count). The predicted octanol–water partition coefficient (Wildman–Crippen LogP) is 3.32. The van der Waals surface area contributed by atoms with Gasteiger partial charge >= 0.3 is 12.0 Å². The van der Waals surface area contributed by atoms with Crippen LogP contribution in [0.5, 0.6) is 0 Å². The van der Waals surface area contributed by atoms with Crippen LogP contribution in [0.15, 0.2) is 48.5 Å². The van der Waals surface area contributed by atoms with E-state index in [9.17, 15) is 14.0 Å². The molecular weight excluding hydrogens is 299 g/mol. The summed E-state index contributed by atoms with van der Waals surface area (Å²) in [5, 5.41) is 5.11. The number of benzene rings is 2. The molecule has 0 fully saturated rings. The standard InChI is InChI=1S/C17H17FN2O3/c1-2-23-16(21)13-8-4-6-10-15(13)20-17(22)19-11-12-7-3-5-9-14(12)18/h3-10H,2,11H2,1H3,(H2,19,20,22). The fourth-order valence-electron chi connectivity index (χ4n) is 1.96. The number of ether oxygens (including phenoxy) is 1. The van der Waals surface area contributed by atoms with E-state index in [2.05, 4.69) is 10.6 Å². The lowest BCUT2D eigenvalue weighted by Crippen LogP contribution is -2.29. The molecule has 6 heteroatoms. The fraction of sp³-hybridized carbons (Fsp3) is 0.176. The Hall–Kier alpha value is -2.89. The third-order valence-corrected chi connectivity index (χ3v) is 3.07. The van der Waals surface area contributed by atoms with E-state index in [1.165, 1.54) is 6.07 Å². The van der Waals surface area contributed by atoms with Crippen molar-refractivity contribution in [3.05, 3.63) is 65.5 Å². The maximum absolute atomic E-state index is 13.5. The van der Waals surface area contributed by atoms with E-state index in [0.717, 1.165) is 0 Å². The Morgan fingerprint density at radius 3 is 2.52 bits per heavy atom. The van der Waals surface area contributed by atoms with Crippen LogP contribution in [0, 0.1) is 5.82 Å². The van der Waals surface area contributed by atoms with E-state index in [0.29, 0.717) is 11.3 Å². The Balaban J connectivity index is 2.01. The average Bonchev–Trinajstić information content (AvgIpc) is 2.55. The lowest BCUT2D eigenvalue weighted by atomic mass is 10.2. The zero-order valence-electron chi connectivity index (χ0n) is 12.6. The number of nitrogens with one attached hydrogen (secondary N) is 2. The number of rotatable bonds is 5. The van der Waals surface area contributed by atoms with Crippen molar-refractivity contribution in [2.24, 2.45) is 0 Å². The largest absolute Gasteiger partial charge is 0.462 e. The van der Waals surface area contributed by atoms with E-state index in [4.69, 9.17) is 4.74 Å². The summed E-state index contributed by atoms with van der Waals surface area (Å²) in [4.78, 5) is 23.8. The van der Waals surface area contributed by atoms with Gasteiger partial charge in [0.25, 0.3) is 0 Å². The minimum Gasteiger partial charge on any atom is -0.462 e. The number of para-hydroxylation sites is 1. The highest BCUT2D eigenvalue weighted by atomic mass is 19.1. The molecule has 23 heavy (non-hydrogen) atoms. The quantitative estimate of drug-likeness (QED) is 0.832. The predicted molar refractivity (Wildman–Crippen MR) is 84.7 cm³/mol. The van der Waals surface area contributed by atoms with Crippen molar-refractivity contribution in [1.82, 2.24) is 5.32 Å². The van der Waals surface area contributed by atoms with Crippen molar-refractivity contribution >= 4 is 17.7 Å². The summed E-state index contributed by atoms with van der Waals surface area (Å²) in [5.41, 5.74) is 0.966. The van der Waals surface area contributed by atoms with Gasteiger partial charge in [-0.1, -0.05) is 30.3 Å². The monoisotopic (exact) mass is 316 g/mol. The third kappa shape index (κ3) is 4.54. The molecule has 0 radical (unpaired) electrons. The molecular formula is C17H17FN2O3. The summed E-state index contributed by atoms with van der Waals surface area (Å²) in [5.74, 6) is -0.905. The van der Waals surface area contributed by atoms with Gasteiger partial charge < -0.3 is 15.4 Å². The van der Waals surface area contributed by atoms with Crippen molar-refractivity contribution in [3.8, 4) is 0 Å². The van der Waals surface area contributed by atoms with E-state index in [-0.39, 0.29) is 24.5 Å². The van der Waals surface area contributed by atoms with Crippen molar-refractivity contribution in [1.29, 1.82) is 0 Å². The van der Waals surface area contributed by atoms with Crippen molar-refractivity contribution < 1.29 is 18.7 Å². The van der Waals surface area contributed by atoms with E-state index in [1.54, 1.807) is 49.4 Å². The van der Waals surface area contributed by atoms with Gasteiger partial charge in [0.2, 0.25) is 0 Å². The molecule has 0 aliphatic rings. The van der Waals surface area contributed by atoms with Gasteiger partial charge in [0.1, 0.15) is 5.82 Å². The van der Waals surface area contributed by atoms with Gasteiger partial charge in [0, 0.05) is 12.1 Å². The Morgan fingerprint density at radius 1 is 1.09 bits per heavy atom. The van der Waals surface area contributed by atoms with E-state index in [1.807, 2.05) is 0 Å². The second-order valence-electron chi connectivity index (χ2n) is 4.67. The van der Waals surface area contributed by atoms with Crippen LogP contribution in [-0.4, -0.2) is 18.6 Å². The third-order valence-electron chi connectivity index (χ3n) is 3.07. The van der Waals surface area contributed by atoms with Gasteiger partial charge in [0.15, 0.2) is 0 Å². The number of anilines is 1. The maximum atomic E-state index is 13.5. The molecule has 2 N–H and O–H groups in total. The van der Waals surface area contributed by atoms with Crippen LogP contribution >= 0.6 is 0 Å². The summed E-state index contributed by atoms with van der Waals surface area (Å²) in [6, 6.07) is 12.2. The molecule has 0 bridgehead atoms. The zero-order valence-corrected chi connectivity index (χ0v) is 12.6. The zero-order chi connectivity index (χ0) is 16.7. The van der Waals surface area contributed by atoms with Crippen molar-refractivity contribution in [3.63, 3.8) is 0 Å². The molecule has 5 nitrogen and oxygen atoms in total. The van der Waals surface area contributed by atoms with E-state index < -0.39 is 12.0 Å². The molecule has 0 aliphatic heterocycles. The number of amides is 2. The minimum absolute atomic E-state index is 0.0417. The van der Waals surface area contributed by atoms with E-state index >= 15 is 0 Å². The summed E-state index contributed by atoms with van der Waals surface area (Å²) in [6.07, 6.45) is 0. The minimum atomic E-state index is -0.537. The van der Waals surface area contributed by atoms with Crippen LogP contribution in [0.3, 0.4) is 0 Å². The molecule has 0 aliphatic carbocycles. The van der Waals surface area contributed by atoms with Crippen LogP contribution in [0.1, 0.15) is 22.8 Å². The Labute approximate surface area is 133 Å². The summed E-state index contributed by atoms with van der Waals surface area (Å²) in [6.45, 7) is 1.99. The Morgan fingerprint density at radius 2 is 1.78 bits per heavy atom. The van der Waals surface area contributed by atoms with Crippen LogP contribution in [-0.2, 0) is 11.3 Å². The molecule has 0 aromatic heterocycles. The van der Waals surface area contributed by atoms with Crippen molar-refractivity contribution in [2.45, 2.75) is 13.5 Å². The van der Waals surface area contributed by atoms with Crippen LogP contribution in [0.4, 0.5) is 14.9 Å². The normalized spacial score (nSPS) is 10.0. The Bertz CT molecular complexity index is 704. The first-order valence-corrected chi connectivity index (χ1v) is 7.16. The molecule has 2 amide bonds. The number of urea groups is 1. The lowest BCUT2D eigenvalue weighted by Gasteiger charge is -2.11. The SMILES string of the molecule is CCOC(=O)c1ccccc1NC(=O)NCc1ccccc1F. The molecule has 0 spiro atoms. The van der Waals surface area contributed by atoms with Gasteiger partial charge in [-0.15, -0.1) is 0 Å². The number of halogens is 1. The number of carbonyl (C=O) groups is 2. The summed E-state index contributed by atoms with van der Waals surface area (Å²) >= 11 is 0. The van der Waals surface area contributed by atoms with Gasteiger partial charge in [-0.05, 0) is 25.1 Å². The molecule has 0 heterocycles. The summed E-state index contributed by atoms with van der Waals surface area (Å²) < 4.78 is 18.4. The highest BCUT2D eigenvalue weighted by Gasteiger charge is 2.13. The first-order valence-electron chi connectivity index (χ1n) is 7.16.